The van der Waals surface area contributed by atoms with E-state index < -0.39 is 11.6 Å². The van der Waals surface area contributed by atoms with E-state index in [0.29, 0.717) is 17.0 Å². The van der Waals surface area contributed by atoms with E-state index in [0.717, 1.165) is 29.1 Å². The fraction of sp³-hybridized carbons (Fsp3) is 0.389. The number of aromatic nitrogens is 3. The number of ether oxygens (including phenoxy) is 1. The summed E-state index contributed by atoms with van der Waals surface area (Å²) < 4.78 is 19.5. The number of nitrogens with zero attached hydrogens (tertiary/aromatic N) is 3. The highest BCUT2D eigenvalue weighted by molar-refractivity contribution is 6.12. The molecule has 0 spiro atoms. The van der Waals surface area contributed by atoms with Crippen molar-refractivity contribution < 1.29 is 13.9 Å². The minimum Gasteiger partial charge on any atom is -0.446 e. The minimum absolute atomic E-state index is 0.196. The van der Waals surface area contributed by atoms with Crippen LogP contribution in [0.4, 0.5) is 15.0 Å². The van der Waals surface area contributed by atoms with Crippen LogP contribution in [0.25, 0.3) is 21.9 Å². The lowest BCUT2D eigenvalue weighted by molar-refractivity contribution is 0.162. The summed E-state index contributed by atoms with van der Waals surface area (Å²) in [5, 5.41) is 3.01. The largest absolute Gasteiger partial charge is 0.446 e. The zero-order chi connectivity index (χ0) is 18.1. The van der Waals surface area contributed by atoms with Crippen LogP contribution < -0.4 is 5.43 Å². The van der Waals surface area contributed by atoms with Crippen molar-refractivity contribution in [2.45, 2.75) is 38.1 Å². The van der Waals surface area contributed by atoms with Crippen LogP contribution in [0.2, 0.25) is 0 Å². The van der Waals surface area contributed by atoms with Gasteiger partial charge in [0.1, 0.15) is 24.4 Å². The molecule has 1 amide bonds. The number of anilines is 1. The molecule has 7 nitrogen and oxygen atoms in total. The van der Waals surface area contributed by atoms with Crippen LogP contribution in [0.3, 0.4) is 0 Å². The summed E-state index contributed by atoms with van der Waals surface area (Å²) in [5.74, 6) is 0.545. The number of hydrogen-bond donors (Lipinski definition) is 2. The van der Waals surface area contributed by atoms with Gasteiger partial charge in [0.25, 0.3) is 0 Å². The van der Waals surface area contributed by atoms with E-state index >= 15 is 0 Å². The molecular weight excluding hydrogens is 337 g/mol. The zero-order valence-corrected chi connectivity index (χ0v) is 14.5. The van der Waals surface area contributed by atoms with Crippen LogP contribution >= 0.6 is 0 Å². The van der Waals surface area contributed by atoms with E-state index in [1.54, 1.807) is 6.07 Å². The van der Waals surface area contributed by atoms with Gasteiger partial charge in [0, 0.05) is 10.9 Å². The molecule has 0 bridgehead atoms. The fourth-order valence-corrected chi connectivity index (χ4v) is 3.56. The molecule has 26 heavy (non-hydrogen) atoms. The van der Waals surface area contributed by atoms with Crippen molar-refractivity contribution in [1.82, 2.24) is 20.0 Å². The first-order valence-corrected chi connectivity index (χ1v) is 8.64. The quantitative estimate of drug-likeness (QED) is 0.749. The van der Waals surface area contributed by atoms with Gasteiger partial charge in [-0.15, -0.1) is 0 Å². The molecule has 1 aliphatic carbocycles. The molecule has 1 saturated heterocycles. The van der Waals surface area contributed by atoms with Crippen LogP contribution in [0.1, 0.15) is 38.2 Å². The van der Waals surface area contributed by atoms with Crippen molar-refractivity contribution in [3.8, 4) is 0 Å². The number of benzene rings is 1. The van der Waals surface area contributed by atoms with Gasteiger partial charge in [-0.25, -0.2) is 24.2 Å². The summed E-state index contributed by atoms with van der Waals surface area (Å²) in [6, 6.07) is 3.23. The van der Waals surface area contributed by atoms with Gasteiger partial charge in [0.05, 0.1) is 16.4 Å². The topological polar surface area (TPSA) is 83.1 Å². The normalized spacial score (nSPS) is 19.3. The Morgan fingerprint density at radius 2 is 2.15 bits per heavy atom. The highest BCUT2D eigenvalue weighted by Crippen LogP contribution is 2.45. The maximum absolute atomic E-state index is 14.4. The molecule has 5 rings (SSSR count). The lowest BCUT2D eigenvalue weighted by Crippen LogP contribution is -2.45. The molecule has 2 aromatic heterocycles. The van der Waals surface area contributed by atoms with Crippen LogP contribution in [-0.2, 0) is 4.74 Å². The highest BCUT2D eigenvalue weighted by atomic mass is 19.1. The van der Waals surface area contributed by atoms with Gasteiger partial charge in [-0.1, -0.05) is 0 Å². The van der Waals surface area contributed by atoms with Gasteiger partial charge in [0.15, 0.2) is 5.82 Å². The third-order valence-electron chi connectivity index (χ3n) is 5.09. The summed E-state index contributed by atoms with van der Waals surface area (Å²) >= 11 is 0. The Labute approximate surface area is 148 Å². The molecule has 2 aliphatic rings. The standard InChI is InChI=1S/C18H18FN5O2/c1-18(2)7-26-17(25)24(18)23-16-13-10-5-6-11(19)12(9-3-4-9)14(10)22-15(13)20-8-21-16/h5-6,8-9H,3-4,7H2,1-2H3,(H2,20,21,22,23). The van der Waals surface area contributed by atoms with Crippen LogP contribution in [0.15, 0.2) is 18.5 Å². The van der Waals surface area contributed by atoms with E-state index in [1.165, 1.54) is 17.4 Å². The Morgan fingerprint density at radius 1 is 1.35 bits per heavy atom. The van der Waals surface area contributed by atoms with Crippen molar-refractivity contribution >= 4 is 33.8 Å². The average molecular weight is 355 g/mol. The van der Waals surface area contributed by atoms with E-state index in [2.05, 4.69) is 20.4 Å². The SMILES string of the molecule is CC1(C)COC(=O)N1Nc1ncnc2[nH]c3c(C4CC4)c(F)ccc3c12. The summed E-state index contributed by atoms with van der Waals surface area (Å²) in [4.78, 5) is 23.9. The highest BCUT2D eigenvalue weighted by Gasteiger charge is 2.41. The lowest BCUT2D eigenvalue weighted by atomic mass is 10.1. The predicted octanol–water partition coefficient (Wildman–Crippen LogP) is 3.69. The van der Waals surface area contributed by atoms with Gasteiger partial charge >= 0.3 is 6.09 Å². The second-order valence-corrected chi connectivity index (χ2v) is 7.54. The van der Waals surface area contributed by atoms with Crippen molar-refractivity contribution in [3.63, 3.8) is 0 Å². The zero-order valence-electron chi connectivity index (χ0n) is 14.5. The molecule has 0 atom stereocenters. The Morgan fingerprint density at radius 3 is 2.85 bits per heavy atom. The van der Waals surface area contributed by atoms with Gasteiger partial charge in [-0.3, -0.25) is 5.43 Å². The Kier molecular flexibility index (Phi) is 2.99. The minimum atomic E-state index is -0.508. The van der Waals surface area contributed by atoms with E-state index in [4.69, 9.17) is 4.74 Å². The number of nitrogens with one attached hydrogen (secondary N) is 2. The number of carbonyl (C=O) groups is 1. The Balaban J connectivity index is 1.69. The third-order valence-corrected chi connectivity index (χ3v) is 5.09. The number of halogens is 1. The van der Waals surface area contributed by atoms with Crippen LogP contribution in [0, 0.1) is 5.82 Å². The smallest absolute Gasteiger partial charge is 0.429 e. The molecule has 2 fully saturated rings. The first-order valence-electron chi connectivity index (χ1n) is 8.64. The van der Waals surface area contributed by atoms with Gasteiger partial charge in [0.2, 0.25) is 0 Å². The fourth-order valence-electron chi connectivity index (χ4n) is 3.56. The first-order chi connectivity index (χ1) is 12.5. The molecule has 1 saturated carbocycles. The van der Waals surface area contributed by atoms with E-state index in [9.17, 15) is 9.18 Å². The number of hydrogen-bond acceptors (Lipinski definition) is 5. The molecular formula is C18H18FN5O2. The third kappa shape index (κ3) is 2.14. The predicted molar refractivity (Wildman–Crippen MR) is 94.2 cm³/mol. The monoisotopic (exact) mass is 355 g/mol. The number of aromatic amines is 1. The molecule has 2 N–H and O–H groups in total. The van der Waals surface area contributed by atoms with Crippen molar-refractivity contribution in [3.05, 3.63) is 29.8 Å². The van der Waals surface area contributed by atoms with E-state index in [1.807, 2.05) is 13.8 Å². The molecule has 3 aromatic rings. The van der Waals surface area contributed by atoms with Gasteiger partial charge in [-0.05, 0) is 44.7 Å². The molecule has 0 radical (unpaired) electrons. The second kappa shape index (κ2) is 5.06. The van der Waals surface area contributed by atoms with Crippen molar-refractivity contribution in [2.75, 3.05) is 12.0 Å². The number of cyclic esters (lactones) is 1. The maximum atomic E-state index is 14.4. The average Bonchev–Trinajstić information content (AvgIpc) is 3.31. The molecule has 1 aromatic carbocycles. The number of fused-ring (bicyclic) bond motifs is 3. The number of carbonyl (C=O) groups excluding carboxylic acids is 1. The molecule has 1 aliphatic heterocycles. The molecule has 3 heterocycles. The Bertz CT molecular complexity index is 1060. The van der Waals surface area contributed by atoms with Gasteiger partial charge < -0.3 is 9.72 Å². The van der Waals surface area contributed by atoms with Crippen molar-refractivity contribution in [1.29, 1.82) is 0 Å². The number of rotatable bonds is 3. The van der Waals surface area contributed by atoms with Crippen LogP contribution in [-0.4, -0.2) is 38.2 Å². The van der Waals surface area contributed by atoms with Crippen molar-refractivity contribution in [2.24, 2.45) is 0 Å². The summed E-state index contributed by atoms with van der Waals surface area (Å²) in [6.45, 7) is 4.09. The maximum Gasteiger partial charge on any atom is 0.429 e. The lowest BCUT2D eigenvalue weighted by Gasteiger charge is -2.28. The summed E-state index contributed by atoms with van der Waals surface area (Å²) in [7, 11) is 0. The number of H-pyrrole nitrogens is 1. The second-order valence-electron chi connectivity index (χ2n) is 7.54. The number of amides is 1. The number of hydrazine groups is 1. The first kappa shape index (κ1) is 15.4. The van der Waals surface area contributed by atoms with Crippen LogP contribution in [0.5, 0.6) is 0 Å². The molecule has 0 unspecified atom stereocenters. The van der Waals surface area contributed by atoms with Gasteiger partial charge in [-0.2, -0.15) is 0 Å². The molecule has 134 valence electrons. The Hall–Kier alpha value is -2.90. The summed E-state index contributed by atoms with van der Waals surface area (Å²) in [6.07, 6.45) is 2.96. The van der Waals surface area contributed by atoms with E-state index in [-0.39, 0.29) is 18.3 Å². The molecule has 8 heteroatoms. The summed E-state index contributed by atoms with van der Waals surface area (Å²) in [5.41, 5.74) is 4.65.